The summed E-state index contributed by atoms with van der Waals surface area (Å²) in [4.78, 5) is 2.16. The molecule has 0 aliphatic carbocycles. The van der Waals surface area contributed by atoms with Gasteiger partial charge in [-0.25, -0.2) is 0 Å². The average Bonchev–Trinajstić information content (AvgIpc) is 2.27. The van der Waals surface area contributed by atoms with Crippen molar-refractivity contribution in [3.8, 4) is 0 Å². The van der Waals surface area contributed by atoms with Crippen molar-refractivity contribution in [3.05, 3.63) is 0 Å². The molecule has 0 rings (SSSR count). The molecule has 0 spiro atoms. The van der Waals surface area contributed by atoms with Crippen molar-refractivity contribution in [2.45, 2.75) is 77.4 Å². The number of unbranched alkanes of at least 4 members (excludes halogenated alkanes) is 4. The van der Waals surface area contributed by atoms with Gasteiger partial charge in [0, 0.05) is 5.54 Å². The van der Waals surface area contributed by atoms with Gasteiger partial charge in [-0.05, 0) is 33.9 Å². The Morgan fingerprint density at radius 3 is 2.06 bits per heavy atom. The second-order valence-electron chi connectivity index (χ2n) is 5.32. The minimum Gasteiger partial charge on any atom is -0.391 e. The summed E-state index contributed by atoms with van der Waals surface area (Å²) in [5, 5.41) is 10.3. The van der Waals surface area contributed by atoms with E-state index in [0.29, 0.717) is 0 Å². The molecule has 0 fully saturated rings. The van der Waals surface area contributed by atoms with Crippen LogP contribution in [0, 0.1) is 0 Å². The monoisotopic (exact) mass is 229 g/mol. The van der Waals surface area contributed by atoms with E-state index in [2.05, 4.69) is 39.8 Å². The lowest BCUT2D eigenvalue weighted by Crippen LogP contribution is -2.50. The van der Waals surface area contributed by atoms with Crippen LogP contribution >= 0.6 is 0 Å². The number of aliphatic hydroxyl groups excluding tert-OH is 1. The SMILES string of the molecule is CCCCCCCC(O)C(C)(CC)N(C)C. The van der Waals surface area contributed by atoms with E-state index in [1.165, 1.54) is 25.7 Å². The van der Waals surface area contributed by atoms with Gasteiger partial charge in [-0.3, -0.25) is 0 Å². The van der Waals surface area contributed by atoms with Crippen molar-refractivity contribution in [1.29, 1.82) is 0 Å². The molecule has 0 bridgehead atoms. The van der Waals surface area contributed by atoms with E-state index < -0.39 is 0 Å². The highest BCUT2D eigenvalue weighted by Gasteiger charge is 2.32. The van der Waals surface area contributed by atoms with Gasteiger partial charge in [0.1, 0.15) is 0 Å². The van der Waals surface area contributed by atoms with E-state index >= 15 is 0 Å². The van der Waals surface area contributed by atoms with Crippen LogP contribution in [0.25, 0.3) is 0 Å². The van der Waals surface area contributed by atoms with E-state index in [0.717, 1.165) is 19.3 Å². The Labute approximate surface area is 102 Å². The molecule has 2 heteroatoms. The summed E-state index contributed by atoms with van der Waals surface area (Å²) in [7, 11) is 4.12. The van der Waals surface area contributed by atoms with Crippen molar-refractivity contribution >= 4 is 0 Å². The van der Waals surface area contributed by atoms with Crippen LogP contribution in [0.15, 0.2) is 0 Å². The Morgan fingerprint density at radius 1 is 1.06 bits per heavy atom. The minimum absolute atomic E-state index is 0.0647. The molecule has 2 nitrogen and oxygen atoms in total. The molecule has 2 atom stereocenters. The lowest BCUT2D eigenvalue weighted by molar-refractivity contribution is -0.00379. The Hall–Kier alpha value is -0.0800. The highest BCUT2D eigenvalue weighted by atomic mass is 16.3. The molecule has 2 unspecified atom stereocenters. The molecule has 0 aromatic heterocycles. The van der Waals surface area contributed by atoms with Gasteiger partial charge in [0.2, 0.25) is 0 Å². The van der Waals surface area contributed by atoms with Gasteiger partial charge in [-0.1, -0.05) is 46.0 Å². The fourth-order valence-corrected chi connectivity index (χ4v) is 2.10. The molecule has 0 saturated carbocycles. The first kappa shape index (κ1) is 15.9. The lowest BCUT2D eigenvalue weighted by Gasteiger charge is -2.40. The first-order valence-electron chi connectivity index (χ1n) is 6.84. The molecule has 0 heterocycles. The number of hydrogen-bond acceptors (Lipinski definition) is 2. The highest BCUT2D eigenvalue weighted by molar-refractivity contribution is 4.88. The number of likely N-dealkylation sites (N-methyl/N-ethyl adjacent to an activating group) is 1. The number of hydrogen-bond donors (Lipinski definition) is 1. The normalized spacial score (nSPS) is 17.4. The number of rotatable bonds is 9. The highest BCUT2D eigenvalue weighted by Crippen LogP contribution is 2.24. The fourth-order valence-electron chi connectivity index (χ4n) is 2.10. The van der Waals surface area contributed by atoms with Crippen LogP contribution in [0.1, 0.15) is 65.7 Å². The third kappa shape index (κ3) is 4.84. The number of aliphatic hydroxyl groups is 1. The van der Waals surface area contributed by atoms with Crippen LogP contribution in [-0.4, -0.2) is 35.7 Å². The summed E-state index contributed by atoms with van der Waals surface area (Å²) in [6, 6.07) is 0. The predicted molar refractivity (Wildman–Crippen MR) is 71.8 cm³/mol. The van der Waals surface area contributed by atoms with Crippen molar-refractivity contribution in [2.24, 2.45) is 0 Å². The van der Waals surface area contributed by atoms with Crippen LogP contribution in [0.2, 0.25) is 0 Å². The van der Waals surface area contributed by atoms with Crippen LogP contribution in [-0.2, 0) is 0 Å². The standard InChI is InChI=1S/C14H31NO/c1-6-8-9-10-11-12-13(16)14(3,7-2)15(4)5/h13,16H,6-12H2,1-5H3. The van der Waals surface area contributed by atoms with E-state index in [4.69, 9.17) is 0 Å². The molecule has 16 heavy (non-hydrogen) atoms. The number of nitrogens with zero attached hydrogens (tertiary/aromatic N) is 1. The van der Waals surface area contributed by atoms with Gasteiger partial charge in [0.05, 0.1) is 6.10 Å². The van der Waals surface area contributed by atoms with Crippen LogP contribution < -0.4 is 0 Å². The maximum absolute atomic E-state index is 10.3. The van der Waals surface area contributed by atoms with Crippen LogP contribution in [0.5, 0.6) is 0 Å². The zero-order valence-corrected chi connectivity index (χ0v) is 11.9. The molecule has 98 valence electrons. The van der Waals surface area contributed by atoms with Gasteiger partial charge in [-0.15, -0.1) is 0 Å². The van der Waals surface area contributed by atoms with Crippen molar-refractivity contribution in [2.75, 3.05) is 14.1 Å². The fraction of sp³-hybridized carbons (Fsp3) is 1.00. The molecule has 0 amide bonds. The summed E-state index contributed by atoms with van der Waals surface area (Å²) in [5.41, 5.74) is -0.0647. The van der Waals surface area contributed by atoms with Crippen molar-refractivity contribution in [3.63, 3.8) is 0 Å². The van der Waals surface area contributed by atoms with Crippen molar-refractivity contribution < 1.29 is 5.11 Å². The van der Waals surface area contributed by atoms with Gasteiger partial charge >= 0.3 is 0 Å². The Kier molecular flexibility index (Phi) is 8.04. The molecule has 1 N–H and O–H groups in total. The lowest BCUT2D eigenvalue weighted by atomic mass is 9.87. The van der Waals surface area contributed by atoms with Gasteiger partial charge in [0.15, 0.2) is 0 Å². The Morgan fingerprint density at radius 2 is 1.62 bits per heavy atom. The average molecular weight is 229 g/mol. The van der Waals surface area contributed by atoms with E-state index in [9.17, 15) is 5.11 Å². The Bertz CT molecular complexity index is 170. The summed E-state index contributed by atoms with van der Waals surface area (Å²) in [6.07, 6.45) is 8.08. The quantitative estimate of drug-likeness (QED) is 0.612. The molecule has 0 saturated heterocycles. The summed E-state index contributed by atoms with van der Waals surface area (Å²) in [5.74, 6) is 0. The summed E-state index contributed by atoms with van der Waals surface area (Å²) < 4.78 is 0. The van der Waals surface area contributed by atoms with Crippen LogP contribution in [0.3, 0.4) is 0 Å². The second-order valence-corrected chi connectivity index (χ2v) is 5.32. The second kappa shape index (κ2) is 8.08. The van der Waals surface area contributed by atoms with Gasteiger partial charge in [-0.2, -0.15) is 0 Å². The topological polar surface area (TPSA) is 23.5 Å². The van der Waals surface area contributed by atoms with E-state index in [-0.39, 0.29) is 11.6 Å². The third-order valence-corrected chi connectivity index (χ3v) is 4.04. The predicted octanol–water partition coefficient (Wildman–Crippen LogP) is 3.44. The van der Waals surface area contributed by atoms with E-state index in [1.807, 2.05) is 0 Å². The van der Waals surface area contributed by atoms with E-state index in [1.54, 1.807) is 0 Å². The zero-order chi connectivity index (χ0) is 12.6. The maximum Gasteiger partial charge on any atom is 0.0720 e. The summed E-state index contributed by atoms with van der Waals surface area (Å²) in [6.45, 7) is 6.54. The molecule has 0 aliphatic heterocycles. The molecular weight excluding hydrogens is 198 g/mol. The first-order chi connectivity index (χ1) is 7.49. The Balaban J connectivity index is 3.89. The zero-order valence-electron chi connectivity index (χ0n) is 11.9. The maximum atomic E-state index is 10.3. The molecule has 0 radical (unpaired) electrons. The molecule has 0 aliphatic rings. The van der Waals surface area contributed by atoms with Gasteiger partial charge in [0.25, 0.3) is 0 Å². The third-order valence-electron chi connectivity index (χ3n) is 4.04. The molecule has 0 aromatic carbocycles. The minimum atomic E-state index is -0.200. The van der Waals surface area contributed by atoms with Gasteiger partial charge < -0.3 is 10.0 Å². The summed E-state index contributed by atoms with van der Waals surface area (Å²) >= 11 is 0. The first-order valence-corrected chi connectivity index (χ1v) is 6.84. The smallest absolute Gasteiger partial charge is 0.0720 e. The largest absolute Gasteiger partial charge is 0.391 e. The van der Waals surface area contributed by atoms with Crippen LogP contribution in [0.4, 0.5) is 0 Å². The molecular formula is C14H31NO. The molecule has 0 aromatic rings. The van der Waals surface area contributed by atoms with Crippen molar-refractivity contribution in [1.82, 2.24) is 4.90 Å².